The first kappa shape index (κ1) is 9.84. The molecule has 5 heteroatoms. The summed E-state index contributed by atoms with van der Waals surface area (Å²) in [5.41, 5.74) is 0.920. The molecule has 0 aliphatic carbocycles. The van der Waals surface area contributed by atoms with Gasteiger partial charge in [-0.05, 0) is 18.1 Å². The van der Waals surface area contributed by atoms with Gasteiger partial charge in [-0.2, -0.15) is 0 Å². The summed E-state index contributed by atoms with van der Waals surface area (Å²) in [5, 5.41) is 4.06. The number of rotatable bonds is 3. The third kappa shape index (κ3) is 1.91. The van der Waals surface area contributed by atoms with Gasteiger partial charge in [0.1, 0.15) is 0 Å². The van der Waals surface area contributed by atoms with Crippen molar-refractivity contribution in [3.8, 4) is 0 Å². The fraction of sp³-hybridized carbons (Fsp3) is 0.571. The third-order valence-corrected chi connectivity index (χ3v) is 2.29. The molecule has 0 aliphatic heterocycles. The number of imidazole rings is 1. The highest BCUT2D eigenvalue weighted by molar-refractivity contribution is 6.32. The lowest BCUT2D eigenvalue weighted by atomic mass is 10.4. The molecular formula is C7H11Cl2N3. The fourth-order valence-electron chi connectivity index (χ4n) is 0.905. The number of aromatic nitrogens is 2. The van der Waals surface area contributed by atoms with Crippen molar-refractivity contribution >= 4 is 23.2 Å². The lowest BCUT2D eigenvalue weighted by Crippen LogP contribution is -2.14. The Kier molecular flexibility index (Phi) is 3.38. The normalized spacial score (nSPS) is 10.7. The molecule has 1 aromatic rings. The number of hydrogen-bond acceptors (Lipinski definition) is 2. The smallest absolute Gasteiger partial charge is 0.204 e. The molecule has 0 aliphatic rings. The Labute approximate surface area is 81.7 Å². The van der Waals surface area contributed by atoms with Crippen molar-refractivity contribution in [1.29, 1.82) is 0 Å². The topological polar surface area (TPSA) is 29.9 Å². The minimum Gasteiger partial charge on any atom is -0.319 e. The van der Waals surface area contributed by atoms with Crippen molar-refractivity contribution in [3.63, 3.8) is 0 Å². The highest BCUT2D eigenvalue weighted by Crippen LogP contribution is 2.18. The lowest BCUT2D eigenvalue weighted by molar-refractivity contribution is 0.680. The Morgan fingerprint density at radius 1 is 1.50 bits per heavy atom. The minimum absolute atomic E-state index is 0.424. The van der Waals surface area contributed by atoms with Gasteiger partial charge in [0, 0.05) is 13.6 Å². The Bertz CT molecular complexity index is 270. The number of nitrogens with one attached hydrogen (secondary N) is 1. The zero-order chi connectivity index (χ0) is 9.14. The third-order valence-electron chi connectivity index (χ3n) is 1.65. The van der Waals surface area contributed by atoms with Gasteiger partial charge >= 0.3 is 0 Å². The van der Waals surface area contributed by atoms with Gasteiger partial charge in [-0.25, -0.2) is 4.98 Å². The standard InChI is InChI=1S/C7H11Cl2N3/c1-3-10-4-5-6(8)11-7(9)12(5)2/h10H,3-4H2,1-2H3. The molecule has 0 atom stereocenters. The van der Waals surface area contributed by atoms with Crippen LogP contribution in [0, 0.1) is 0 Å². The van der Waals surface area contributed by atoms with E-state index in [0.29, 0.717) is 17.0 Å². The first-order valence-corrected chi connectivity index (χ1v) is 4.49. The number of nitrogens with zero attached hydrogens (tertiary/aromatic N) is 2. The van der Waals surface area contributed by atoms with Crippen LogP contribution in [0.4, 0.5) is 0 Å². The van der Waals surface area contributed by atoms with Crippen molar-refractivity contribution in [1.82, 2.24) is 14.9 Å². The van der Waals surface area contributed by atoms with E-state index in [9.17, 15) is 0 Å². The summed E-state index contributed by atoms with van der Waals surface area (Å²) in [6.07, 6.45) is 0. The van der Waals surface area contributed by atoms with Crippen molar-refractivity contribution in [3.05, 3.63) is 16.1 Å². The molecule has 1 heterocycles. The van der Waals surface area contributed by atoms with Gasteiger partial charge in [-0.3, -0.25) is 0 Å². The second kappa shape index (κ2) is 4.12. The Morgan fingerprint density at radius 2 is 2.17 bits per heavy atom. The molecule has 0 radical (unpaired) electrons. The van der Waals surface area contributed by atoms with Crippen LogP contribution in [0.25, 0.3) is 0 Å². The molecule has 0 saturated carbocycles. The average Bonchev–Trinajstić information content (AvgIpc) is 2.25. The first-order chi connectivity index (χ1) is 5.66. The predicted molar refractivity (Wildman–Crippen MR) is 50.6 cm³/mol. The van der Waals surface area contributed by atoms with E-state index in [1.807, 2.05) is 14.0 Å². The molecule has 0 spiro atoms. The van der Waals surface area contributed by atoms with Gasteiger partial charge in [-0.1, -0.05) is 18.5 Å². The van der Waals surface area contributed by atoms with E-state index >= 15 is 0 Å². The molecule has 3 nitrogen and oxygen atoms in total. The molecule has 0 saturated heterocycles. The van der Waals surface area contributed by atoms with E-state index in [2.05, 4.69) is 10.3 Å². The largest absolute Gasteiger partial charge is 0.319 e. The molecule has 1 N–H and O–H groups in total. The molecule has 0 unspecified atom stereocenters. The zero-order valence-electron chi connectivity index (χ0n) is 7.06. The van der Waals surface area contributed by atoms with Gasteiger partial charge in [0.2, 0.25) is 5.28 Å². The lowest BCUT2D eigenvalue weighted by Gasteiger charge is -2.03. The Morgan fingerprint density at radius 3 is 2.58 bits per heavy atom. The fourth-order valence-corrected chi connectivity index (χ4v) is 1.41. The Balaban J connectivity index is 2.82. The van der Waals surface area contributed by atoms with Crippen LogP contribution in [-0.4, -0.2) is 16.1 Å². The molecule has 12 heavy (non-hydrogen) atoms. The van der Waals surface area contributed by atoms with Gasteiger partial charge in [0.25, 0.3) is 0 Å². The summed E-state index contributed by atoms with van der Waals surface area (Å²) in [4.78, 5) is 3.92. The summed E-state index contributed by atoms with van der Waals surface area (Å²) >= 11 is 11.6. The molecule has 68 valence electrons. The van der Waals surface area contributed by atoms with E-state index in [0.717, 1.165) is 12.2 Å². The predicted octanol–water partition coefficient (Wildman–Crippen LogP) is 1.84. The first-order valence-electron chi connectivity index (χ1n) is 3.74. The highest BCUT2D eigenvalue weighted by atomic mass is 35.5. The quantitative estimate of drug-likeness (QED) is 0.821. The zero-order valence-corrected chi connectivity index (χ0v) is 8.58. The van der Waals surface area contributed by atoms with Crippen molar-refractivity contribution in [2.75, 3.05) is 6.54 Å². The van der Waals surface area contributed by atoms with E-state index in [1.54, 1.807) is 4.57 Å². The Hall–Kier alpha value is -0.250. The van der Waals surface area contributed by atoms with Crippen LogP contribution in [0.15, 0.2) is 0 Å². The SMILES string of the molecule is CCNCc1c(Cl)nc(Cl)n1C. The summed E-state index contributed by atoms with van der Waals surface area (Å²) in [6.45, 7) is 3.64. The van der Waals surface area contributed by atoms with E-state index in [-0.39, 0.29) is 0 Å². The average molecular weight is 208 g/mol. The monoisotopic (exact) mass is 207 g/mol. The van der Waals surface area contributed by atoms with Crippen LogP contribution >= 0.6 is 23.2 Å². The molecular weight excluding hydrogens is 197 g/mol. The van der Waals surface area contributed by atoms with Crippen molar-refractivity contribution in [2.24, 2.45) is 7.05 Å². The maximum atomic E-state index is 5.83. The summed E-state index contributed by atoms with van der Waals surface area (Å²) in [5.74, 6) is 0. The van der Waals surface area contributed by atoms with Crippen LogP contribution in [0.2, 0.25) is 10.4 Å². The van der Waals surface area contributed by atoms with E-state index in [1.165, 1.54) is 0 Å². The molecule has 0 amide bonds. The second-order valence-electron chi connectivity index (χ2n) is 2.46. The molecule has 1 rings (SSSR count). The molecule has 1 aromatic heterocycles. The second-order valence-corrected chi connectivity index (χ2v) is 3.15. The number of halogens is 2. The van der Waals surface area contributed by atoms with E-state index < -0.39 is 0 Å². The van der Waals surface area contributed by atoms with Gasteiger partial charge < -0.3 is 9.88 Å². The van der Waals surface area contributed by atoms with Crippen LogP contribution in [-0.2, 0) is 13.6 Å². The number of hydrogen-bond donors (Lipinski definition) is 1. The molecule has 0 bridgehead atoms. The van der Waals surface area contributed by atoms with Crippen LogP contribution in [0.5, 0.6) is 0 Å². The maximum absolute atomic E-state index is 5.83. The highest BCUT2D eigenvalue weighted by Gasteiger charge is 2.09. The van der Waals surface area contributed by atoms with Crippen molar-refractivity contribution < 1.29 is 0 Å². The van der Waals surface area contributed by atoms with Crippen molar-refractivity contribution in [2.45, 2.75) is 13.5 Å². The molecule has 0 fully saturated rings. The van der Waals surface area contributed by atoms with Gasteiger partial charge in [0.05, 0.1) is 5.69 Å². The van der Waals surface area contributed by atoms with Gasteiger partial charge in [0.15, 0.2) is 5.15 Å². The minimum atomic E-state index is 0.424. The van der Waals surface area contributed by atoms with Crippen LogP contribution in [0.1, 0.15) is 12.6 Å². The van der Waals surface area contributed by atoms with Crippen LogP contribution < -0.4 is 5.32 Å². The molecule has 0 aromatic carbocycles. The van der Waals surface area contributed by atoms with Gasteiger partial charge in [-0.15, -0.1) is 0 Å². The van der Waals surface area contributed by atoms with Crippen LogP contribution in [0.3, 0.4) is 0 Å². The summed E-state index contributed by atoms with van der Waals surface area (Å²) < 4.78 is 1.77. The maximum Gasteiger partial charge on any atom is 0.204 e. The van der Waals surface area contributed by atoms with E-state index in [4.69, 9.17) is 23.2 Å². The summed E-state index contributed by atoms with van der Waals surface area (Å²) in [7, 11) is 1.84. The summed E-state index contributed by atoms with van der Waals surface area (Å²) in [6, 6.07) is 0.